The third-order valence-corrected chi connectivity index (χ3v) is 3.79. The average Bonchev–Trinajstić information content (AvgIpc) is 2.40. The molecule has 19 heavy (non-hydrogen) atoms. The third-order valence-electron chi connectivity index (χ3n) is 3.79. The summed E-state index contributed by atoms with van der Waals surface area (Å²) in [7, 11) is 0. The quantitative estimate of drug-likeness (QED) is 0.894. The highest BCUT2D eigenvalue weighted by molar-refractivity contribution is 5.98. The van der Waals surface area contributed by atoms with Gasteiger partial charge in [-0.3, -0.25) is 4.79 Å². The van der Waals surface area contributed by atoms with E-state index < -0.39 is 5.54 Å². The van der Waals surface area contributed by atoms with Crippen LogP contribution in [0.3, 0.4) is 0 Å². The third kappa shape index (κ3) is 3.95. The van der Waals surface area contributed by atoms with Gasteiger partial charge in [0.15, 0.2) is 0 Å². The number of hydrogen-bond donors (Lipinski definition) is 2. The van der Waals surface area contributed by atoms with E-state index in [9.17, 15) is 4.79 Å². The predicted molar refractivity (Wildman–Crippen MR) is 81.7 cm³/mol. The van der Waals surface area contributed by atoms with Crippen LogP contribution in [0.25, 0.3) is 0 Å². The Morgan fingerprint density at radius 3 is 2.63 bits per heavy atom. The van der Waals surface area contributed by atoms with E-state index in [0.29, 0.717) is 0 Å². The normalized spacial score (nSPS) is 17.4. The zero-order valence-electron chi connectivity index (χ0n) is 11.4. The molecule has 0 unspecified atom stereocenters. The highest BCUT2D eigenvalue weighted by atomic mass is 35.5. The van der Waals surface area contributed by atoms with Crippen molar-refractivity contribution in [3.05, 3.63) is 29.8 Å². The summed E-state index contributed by atoms with van der Waals surface area (Å²) in [6.45, 7) is 2.10. The second-order valence-electron chi connectivity index (χ2n) is 5.22. The van der Waals surface area contributed by atoms with Crippen molar-refractivity contribution in [1.82, 2.24) is 0 Å². The van der Waals surface area contributed by atoms with Gasteiger partial charge in [-0.25, -0.2) is 0 Å². The molecule has 1 aliphatic carbocycles. The molecule has 0 atom stereocenters. The maximum absolute atomic E-state index is 12.3. The molecule has 1 fully saturated rings. The average molecular weight is 283 g/mol. The Labute approximate surface area is 121 Å². The Hall–Kier alpha value is -1.06. The second kappa shape index (κ2) is 6.92. The SMILES string of the molecule is CCc1cccc(NC(=O)C2(N)CCCCC2)c1.Cl. The smallest absolute Gasteiger partial charge is 0.244 e. The minimum atomic E-state index is -0.666. The Bertz CT molecular complexity index is 428. The lowest BCUT2D eigenvalue weighted by molar-refractivity contribution is -0.122. The monoisotopic (exact) mass is 282 g/mol. The summed E-state index contributed by atoms with van der Waals surface area (Å²) in [6.07, 6.45) is 5.87. The van der Waals surface area contributed by atoms with Gasteiger partial charge in [0.05, 0.1) is 5.54 Å². The fourth-order valence-corrected chi connectivity index (χ4v) is 2.53. The van der Waals surface area contributed by atoms with E-state index in [1.54, 1.807) is 0 Å². The molecule has 106 valence electrons. The van der Waals surface area contributed by atoms with Crippen LogP contribution in [0.5, 0.6) is 0 Å². The zero-order valence-corrected chi connectivity index (χ0v) is 12.3. The summed E-state index contributed by atoms with van der Waals surface area (Å²) in [4.78, 5) is 12.3. The molecule has 3 N–H and O–H groups in total. The van der Waals surface area contributed by atoms with E-state index in [0.717, 1.165) is 37.8 Å². The molecule has 0 saturated heterocycles. The van der Waals surface area contributed by atoms with Crippen LogP contribution in [0, 0.1) is 0 Å². The van der Waals surface area contributed by atoms with Crippen molar-refractivity contribution in [3.63, 3.8) is 0 Å². The number of carbonyl (C=O) groups is 1. The molecule has 0 spiro atoms. The topological polar surface area (TPSA) is 55.1 Å². The summed E-state index contributed by atoms with van der Waals surface area (Å²) in [6, 6.07) is 7.97. The standard InChI is InChI=1S/C15H22N2O.ClH/c1-2-12-7-6-8-13(11-12)17-14(18)15(16)9-4-3-5-10-15;/h6-8,11H,2-5,9-10,16H2,1H3,(H,17,18);1H. The fourth-order valence-electron chi connectivity index (χ4n) is 2.53. The van der Waals surface area contributed by atoms with Gasteiger partial charge >= 0.3 is 0 Å². The molecule has 4 heteroatoms. The maximum Gasteiger partial charge on any atom is 0.244 e. The summed E-state index contributed by atoms with van der Waals surface area (Å²) >= 11 is 0. The van der Waals surface area contributed by atoms with Gasteiger partial charge in [-0.15, -0.1) is 12.4 Å². The van der Waals surface area contributed by atoms with E-state index in [1.807, 2.05) is 18.2 Å². The van der Waals surface area contributed by atoms with E-state index in [4.69, 9.17) is 5.73 Å². The van der Waals surface area contributed by atoms with Gasteiger partial charge in [0, 0.05) is 5.69 Å². The molecule has 0 aromatic heterocycles. The molecule has 1 amide bonds. The molecule has 2 rings (SSSR count). The fraction of sp³-hybridized carbons (Fsp3) is 0.533. The molecular weight excluding hydrogens is 260 g/mol. The van der Waals surface area contributed by atoms with Crippen molar-refractivity contribution >= 4 is 24.0 Å². The Morgan fingerprint density at radius 2 is 2.00 bits per heavy atom. The number of aryl methyl sites for hydroxylation is 1. The van der Waals surface area contributed by atoms with Crippen LogP contribution in [0.4, 0.5) is 5.69 Å². The van der Waals surface area contributed by atoms with Crippen molar-refractivity contribution in [3.8, 4) is 0 Å². The highest BCUT2D eigenvalue weighted by Gasteiger charge is 2.35. The van der Waals surface area contributed by atoms with Crippen LogP contribution in [-0.2, 0) is 11.2 Å². The Morgan fingerprint density at radius 1 is 1.32 bits per heavy atom. The molecule has 1 saturated carbocycles. The van der Waals surface area contributed by atoms with Gasteiger partial charge in [0.1, 0.15) is 0 Å². The van der Waals surface area contributed by atoms with Crippen molar-refractivity contribution < 1.29 is 4.79 Å². The Balaban J connectivity index is 0.00000180. The van der Waals surface area contributed by atoms with E-state index in [-0.39, 0.29) is 18.3 Å². The number of anilines is 1. The maximum atomic E-state index is 12.3. The van der Waals surface area contributed by atoms with Crippen molar-refractivity contribution in [1.29, 1.82) is 0 Å². The first kappa shape index (κ1) is 16.0. The predicted octanol–water partition coefficient (Wildman–Crippen LogP) is 3.27. The Kier molecular flexibility index (Phi) is 5.83. The summed E-state index contributed by atoms with van der Waals surface area (Å²) in [5.41, 5.74) is 7.62. The molecule has 0 heterocycles. The molecule has 0 radical (unpaired) electrons. The van der Waals surface area contributed by atoms with Crippen LogP contribution in [0.2, 0.25) is 0 Å². The molecule has 0 aliphatic heterocycles. The van der Waals surface area contributed by atoms with Crippen LogP contribution in [0.15, 0.2) is 24.3 Å². The van der Waals surface area contributed by atoms with Crippen molar-refractivity contribution in [2.75, 3.05) is 5.32 Å². The van der Waals surface area contributed by atoms with Crippen LogP contribution >= 0.6 is 12.4 Å². The van der Waals surface area contributed by atoms with Crippen molar-refractivity contribution in [2.45, 2.75) is 51.0 Å². The molecule has 3 nitrogen and oxygen atoms in total. The van der Waals surface area contributed by atoms with Gasteiger partial charge in [-0.2, -0.15) is 0 Å². The molecule has 0 bridgehead atoms. The zero-order chi connectivity index (χ0) is 13.0. The number of halogens is 1. The summed E-state index contributed by atoms with van der Waals surface area (Å²) in [5, 5.41) is 2.96. The largest absolute Gasteiger partial charge is 0.324 e. The molecule has 1 aromatic carbocycles. The van der Waals surface area contributed by atoms with Gasteiger partial charge in [-0.1, -0.05) is 38.3 Å². The molecular formula is C15H23ClN2O. The van der Waals surface area contributed by atoms with E-state index in [2.05, 4.69) is 18.3 Å². The number of nitrogens with one attached hydrogen (secondary N) is 1. The minimum Gasteiger partial charge on any atom is -0.324 e. The van der Waals surface area contributed by atoms with Gasteiger partial charge in [0.25, 0.3) is 0 Å². The highest BCUT2D eigenvalue weighted by Crippen LogP contribution is 2.27. The summed E-state index contributed by atoms with van der Waals surface area (Å²) in [5.74, 6) is -0.0320. The van der Waals surface area contributed by atoms with E-state index >= 15 is 0 Å². The number of carbonyl (C=O) groups excluding carboxylic acids is 1. The lowest BCUT2D eigenvalue weighted by Gasteiger charge is -2.31. The first-order valence-electron chi connectivity index (χ1n) is 6.83. The number of benzene rings is 1. The lowest BCUT2D eigenvalue weighted by Crippen LogP contribution is -2.52. The lowest BCUT2D eigenvalue weighted by atomic mass is 9.82. The number of rotatable bonds is 3. The minimum absolute atomic E-state index is 0. The van der Waals surface area contributed by atoms with E-state index in [1.165, 1.54) is 12.0 Å². The number of hydrogen-bond acceptors (Lipinski definition) is 2. The number of nitrogens with two attached hydrogens (primary N) is 1. The number of amides is 1. The van der Waals surface area contributed by atoms with Gasteiger partial charge in [0.2, 0.25) is 5.91 Å². The van der Waals surface area contributed by atoms with Crippen LogP contribution < -0.4 is 11.1 Å². The first-order chi connectivity index (χ1) is 8.64. The second-order valence-corrected chi connectivity index (χ2v) is 5.22. The molecule has 1 aromatic rings. The van der Waals surface area contributed by atoms with Crippen LogP contribution in [0.1, 0.15) is 44.6 Å². The van der Waals surface area contributed by atoms with Gasteiger partial charge in [-0.05, 0) is 37.0 Å². The summed E-state index contributed by atoms with van der Waals surface area (Å²) < 4.78 is 0. The molecule has 1 aliphatic rings. The van der Waals surface area contributed by atoms with Crippen molar-refractivity contribution in [2.24, 2.45) is 5.73 Å². The first-order valence-corrected chi connectivity index (χ1v) is 6.83. The van der Waals surface area contributed by atoms with Gasteiger partial charge < -0.3 is 11.1 Å². The van der Waals surface area contributed by atoms with Crippen LogP contribution in [-0.4, -0.2) is 11.4 Å².